The zero-order valence-electron chi connectivity index (χ0n) is 10.8. The Morgan fingerprint density at radius 3 is 2.53 bits per heavy atom. The second kappa shape index (κ2) is 6.92. The maximum atomic E-state index is 6.27. The van der Waals surface area contributed by atoms with Gasteiger partial charge in [0, 0.05) is 41.5 Å². The molecular formula is C15H16BrClN2. The molecule has 0 atom stereocenters. The van der Waals surface area contributed by atoms with Crippen molar-refractivity contribution in [2.24, 2.45) is 0 Å². The Hall–Kier alpha value is -1.06. The topological polar surface area (TPSA) is 16.1 Å². The third kappa shape index (κ3) is 3.71. The van der Waals surface area contributed by atoms with Gasteiger partial charge in [-0.05, 0) is 42.3 Å². The van der Waals surface area contributed by atoms with Gasteiger partial charge in [0.1, 0.15) is 0 Å². The van der Waals surface area contributed by atoms with Crippen molar-refractivity contribution in [2.75, 3.05) is 11.4 Å². The summed E-state index contributed by atoms with van der Waals surface area (Å²) < 4.78 is 0. The summed E-state index contributed by atoms with van der Waals surface area (Å²) in [6.45, 7) is 3.95. The molecule has 1 aromatic heterocycles. The van der Waals surface area contributed by atoms with E-state index < -0.39 is 0 Å². The largest absolute Gasteiger partial charge is 0.367 e. The summed E-state index contributed by atoms with van der Waals surface area (Å²) >= 11 is 9.70. The number of hydrogen-bond donors (Lipinski definition) is 0. The van der Waals surface area contributed by atoms with Crippen LogP contribution in [0.2, 0.25) is 5.02 Å². The molecule has 4 heteroatoms. The average Bonchev–Trinajstić information content (AvgIpc) is 2.46. The summed E-state index contributed by atoms with van der Waals surface area (Å²) in [7, 11) is 0. The molecular weight excluding hydrogens is 324 g/mol. The summed E-state index contributed by atoms with van der Waals surface area (Å²) in [4.78, 5) is 6.33. The molecule has 100 valence electrons. The standard InChI is InChI=1S/C15H16BrClN2/c1-2-19(11-12-5-7-18-8-6-12)14-4-3-13(10-16)15(17)9-14/h3-9H,2,10-11H2,1H3. The van der Waals surface area contributed by atoms with Gasteiger partial charge in [0.15, 0.2) is 0 Å². The average molecular weight is 340 g/mol. The van der Waals surface area contributed by atoms with Gasteiger partial charge in [0.25, 0.3) is 0 Å². The van der Waals surface area contributed by atoms with Crippen LogP contribution in [0.1, 0.15) is 18.1 Å². The summed E-state index contributed by atoms with van der Waals surface area (Å²) in [5.74, 6) is 0. The van der Waals surface area contributed by atoms with E-state index in [9.17, 15) is 0 Å². The van der Waals surface area contributed by atoms with Crippen molar-refractivity contribution in [3.8, 4) is 0 Å². The van der Waals surface area contributed by atoms with Gasteiger partial charge in [-0.1, -0.05) is 33.6 Å². The molecule has 0 saturated heterocycles. The van der Waals surface area contributed by atoms with Crippen LogP contribution < -0.4 is 4.90 Å². The van der Waals surface area contributed by atoms with Crippen LogP contribution in [0.5, 0.6) is 0 Å². The number of nitrogens with zero attached hydrogens (tertiary/aromatic N) is 2. The minimum atomic E-state index is 0.780. The van der Waals surface area contributed by atoms with Gasteiger partial charge in [-0.25, -0.2) is 0 Å². The minimum absolute atomic E-state index is 0.780. The van der Waals surface area contributed by atoms with Crippen LogP contribution in [0, 0.1) is 0 Å². The van der Waals surface area contributed by atoms with E-state index in [1.807, 2.05) is 30.6 Å². The monoisotopic (exact) mass is 338 g/mol. The minimum Gasteiger partial charge on any atom is -0.367 e. The van der Waals surface area contributed by atoms with E-state index in [0.29, 0.717) is 0 Å². The lowest BCUT2D eigenvalue weighted by Crippen LogP contribution is -2.21. The Kier molecular flexibility index (Phi) is 5.23. The van der Waals surface area contributed by atoms with Crippen LogP contribution in [0.3, 0.4) is 0 Å². The summed E-state index contributed by atoms with van der Waals surface area (Å²) in [5, 5.41) is 1.59. The van der Waals surface area contributed by atoms with Crippen molar-refractivity contribution >= 4 is 33.2 Å². The SMILES string of the molecule is CCN(Cc1ccncc1)c1ccc(CBr)c(Cl)c1. The maximum absolute atomic E-state index is 6.27. The Bertz CT molecular complexity index is 531. The van der Waals surface area contributed by atoms with E-state index in [-0.39, 0.29) is 0 Å². The quantitative estimate of drug-likeness (QED) is 0.737. The highest BCUT2D eigenvalue weighted by Crippen LogP contribution is 2.26. The molecule has 0 saturated carbocycles. The first-order chi connectivity index (χ1) is 9.24. The predicted octanol–water partition coefficient (Wildman–Crippen LogP) is 4.66. The third-order valence-corrected chi connectivity index (χ3v) is 4.01. The molecule has 2 nitrogen and oxygen atoms in total. The number of pyridine rings is 1. The fourth-order valence-electron chi connectivity index (χ4n) is 1.94. The maximum Gasteiger partial charge on any atom is 0.0467 e. The highest BCUT2D eigenvalue weighted by Gasteiger charge is 2.08. The smallest absolute Gasteiger partial charge is 0.0467 e. The second-order valence-corrected chi connectivity index (χ2v) is 5.25. The van der Waals surface area contributed by atoms with Gasteiger partial charge in [0.05, 0.1) is 0 Å². The zero-order valence-corrected chi connectivity index (χ0v) is 13.2. The van der Waals surface area contributed by atoms with Gasteiger partial charge in [0.2, 0.25) is 0 Å². The molecule has 0 aliphatic heterocycles. The first kappa shape index (κ1) is 14.4. The van der Waals surface area contributed by atoms with E-state index in [0.717, 1.165) is 34.7 Å². The number of hydrogen-bond acceptors (Lipinski definition) is 2. The molecule has 19 heavy (non-hydrogen) atoms. The van der Waals surface area contributed by atoms with Crippen molar-refractivity contribution in [3.05, 3.63) is 58.9 Å². The lowest BCUT2D eigenvalue weighted by molar-refractivity contribution is 0.830. The summed E-state index contributed by atoms with van der Waals surface area (Å²) in [5.41, 5.74) is 3.51. The number of rotatable bonds is 5. The Morgan fingerprint density at radius 1 is 1.21 bits per heavy atom. The molecule has 2 rings (SSSR count). The van der Waals surface area contributed by atoms with Gasteiger partial charge in [-0.3, -0.25) is 4.98 Å². The first-order valence-corrected chi connectivity index (χ1v) is 7.72. The van der Waals surface area contributed by atoms with E-state index in [1.165, 1.54) is 5.56 Å². The van der Waals surface area contributed by atoms with Crippen LogP contribution in [-0.2, 0) is 11.9 Å². The van der Waals surface area contributed by atoms with Crippen LogP contribution in [-0.4, -0.2) is 11.5 Å². The van der Waals surface area contributed by atoms with Crippen molar-refractivity contribution in [1.82, 2.24) is 4.98 Å². The van der Waals surface area contributed by atoms with Gasteiger partial charge < -0.3 is 4.90 Å². The molecule has 0 unspecified atom stereocenters. The molecule has 1 aromatic carbocycles. The van der Waals surface area contributed by atoms with Crippen LogP contribution in [0.4, 0.5) is 5.69 Å². The molecule has 0 aliphatic rings. The number of alkyl halides is 1. The molecule has 0 N–H and O–H groups in total. The molecule has 0 aliphatic carbocycles. The van der Waals surface area contributed by atoms with Crippen molar-refractivity contribution < 1.29 is 0 Å². The fourth-order valence-corrected chi connectivity index (χ4v) is 2.83. The van der Waals surface area contributed by atoms with E-state index in [2.05, 4.69) is 44.9 Å². The van der Waals surface area contributed by atoms with E-state index in [1.54, 1.807) is 0 Å². The van der Waals surface area contributed by atoms with E-state index >= 15 is 0 Å². The number of anilines is 1. The highest BCUT2D eigenvalue weighted by atomic mass is 79.9. The Morgan fingerprint density at radius 2 is 1.95 bits per heavy atom. The van der Waals surface area contributed by atoms with Crippen molar-refractivity contribution in [1.29, 1.82) is 0 Å². The molecule has 2 aromatic rings. The van der Waals surface area contributed by atoms with Crippen LogP contribution >= 0.6 is 27.5 Å². The molecule has 0 radical (unpaired) electrons. The van der Waals surface area contributed by atoms with Crippen molar-refractivity contribution in [3.63, 3.8) is 0 Å². The molecule has 0 spiro atoms. The van der Waals surface area contributed by atoms with Crippen LogP contribution in [0.25, 0.3) is 0 Å². The Balaban J connectivity index is 2.20. The van der Waals surface area contributed by atoms with E-state index in [4.69, 9.17) is 11.6 Å². The van der Waals surface area contributed by atoms with Crippen LogP contribution in [0.15, 0.2) is 42.7 Å². The number of aromatic nitrogens is 1. The normalized spacial score (nSPS) is 10.5. The van der Waals surface area contributed by atoms with Crippen molar-refractivity contribution in [2.45, 2.75) is 18.8 Å². The molecule has 1 heterocycles. The van der Waals surface area contributed by atoms with Gasteiger partial charge >= 0.3 is 0 Å². The lowest BCUT2D eigenvalue weighted by Gasteiger charge is -2.23. The van der Waals surface area contributed by atoms with Gasteiger partial charge in [-0.2, -0.15) is 0 Å². The Labute approximate surface area is 127 Å². The predicted molar refractivity (Wildman–Crippen MR) is 85.0 cm³/mol. The highest BCUT2D eigenvalue weighted by molar-refractivity contribution is 9.08. The van der Waals surface area contributed by atoms with Gasteiger partial charge in [-0.15, -0.1) is 0 Å². The number of benzene rings is 1. The second-order valence-electron chi connectivity index (χ2n) is 4.28. The molecule has 0 bridgehead atoms. The fraction of sp³-hybridized carbons (Fsp3) is 0.267. The molecule has 0 amide bonds. The lowest BCUT2D eigenvalue weighted by atomic mass is 10.2. The first-order valence-electron chi connectivity index (χ1n) is 6.22. The third-order valence-electron chi connectivity index (χ3n) is 3.05. The summed E-state index contributed by atoms with van der Waals surface area (Å²) in [6, 6.07) is 10.3. The number of halogens is 2. The zero-order chi connectivity index (χ0) is 13.7. The summed E-state index contributed by atoms with van der Waals surface area (Å²) in [6.07, 6.45) is 3.65. The molecule has 0 fully saturated rings.